The summed E-state index contributed by atoms with van der Waals surface area (Å²) >= 11 is 13.8. The first-order valence-corrected chi connectivity index (χ1v) is 8.04. The Kier molecular flexibility index (Phi) is 4.29. The van der Waals surface area contributed by atoms with Crippen LogP contribution in [-0.4, -0.2) is 34.2 Å². The van der Waals surface area contributed by atoms with Crippen molar-refractivity contribution in [2.24, 2.45) is 0 Å². The van der Waals surface area contributed by atoms with Crippen LogP contribution in [0.1, 0.15) is 22.9 Å². The van der Waals surface area contributed by atoms with Crippen LogP contribution in [0.2, 0.25) is 10.0 Å². The van der Waals surface area contributed by atoms with Gasteiger partial charge in [-0.2, -0.15) is 0 Å². The molecule has 0 radical (unpaired) electrons. The van der Waals surface area contributed by atoms with Crippen LogP contribution in [0.15, 0.2) is 29.9 Å². The molecule has 0 saturated carbocycles. The maximum absolute atomic E-state index is 9.79. The minimum atomic E-state index is -0.256. The summed E-state index contributed by atoms with van der Waals surface area (Å²) in [5.74, 6) is 0. The highest BCUT2D eigenvalue weighted by atomic mass is 35.5. The number of hydrogen-bond acceptors (Lipinski definition) is 4. The number of aromatic nitrogens is 1. The molecule has 0 spiro atoms. The van der Waals surface area contributed by atoms with Crippen molar-refractivity contribution in [1.29, 1.82) is 0 Å². The fraction of sp³-hybridized carbons (Fsp3) is 0.357. The molecule has 1 saturated heterocycles. The van der Waals surface area contributed by atoms with E-state index in [1.807, 2.05) is 29.9 Å². The number of thiazole rings is 1. The lowest BCUT2D eigenvalue weighted by Gasteiger charge is -2.27. The van der Waals surface area contributed by atoms with Crippen LogP contribution in [0.5, 0.6) is 0 Å². The highest BCUT2D eigenvalue weighted by molar-refractivity contribution is 7.09. The van der Waals surface area contributed by atoms with Gasteiger partial charge in [-0.25, -0.2) is 0 Å². The van der Waals surface area contributed by atoms with Gasteiger partial charge in [0.05, 0.1) is 27.7 Å². The Morgan fingerprint density at radius 1 is 1.35 bits per heavy atom. The van der Waals surface area contributed by atoms with Gasteiger partial charge in [-0.15, -0.1) is 11.3 Å². The molecule has 3 nitrogen and oxygen atoms in total. The van der Waals surface area contributed by atoms with Gasteiger partial charge in [0.2, 0.25) is 0 Å². The molecule has 1 unspecified atom stereocenters. The first-order valence-electron chi connectivity index (χ1n) is 6.40. The summed E-state index contributed by atoms with van der Waals surface area (Å²) in [6.45, 7) is 1.53. The molecular weight excluding hydrogens is 315 g/mol. The molecule has 0 aliphatic carbocycles. The second-order valence-electron chi connectivity index (χ2n) is 4.92. The van der Waals surface area contributed by atoms with Gasteiger partial charge < -0.3 is 5.11 Å². The number of likely N-dealkylation sites (tertiary alicyclic amines) is 1. The Bertz CT molecular complexity index is 591. The number of aliphatic hydroxyl groups is 1. The SMILES string of the molecule is O[C@@H]1CCN(C(c2ccc(Cl)c(Cl)c2)c2cncs2)C1. The Morgan fingerprint density at radius 2 is 2.20 bits per heavy atom. The summed E-state index contributed by atoms with van der Waals surface area (Å²) in [4.78, 5) is 7.58. The summed E-state index contributed by atoms with van der Waals surface area (Å²) in [5, 5.41) is 10.9. The minimum absolute atomic E-state index is 0.0782. The van der Waals surface area contributed by atoms with Crippen LogP contribution in [0.3, 0.4) is 0 Å². The van der Waals surface area contributed by atoms with Crippen molar-refractivity contribution < 1.29 is 5.11 Å². The fourth-order valence-corrected chi connectivity index (χ4v) is 3.69. The summed E-state index contributed by atoms with van der Waals surface area (Å²) in [6, 6.07) is 5.79. The predicted octanol–water partition coefficient (Wildman–Crippen LogP) is 3.61. The van der Waals surface area contributed by atoms with Gasteiger partial charge in [0.25, 0.3) is 0 Å². The van der Waals surface area contributed by atoms with E-state index in [2.05, 4.69) is 9.88 Å². The molecule has 2 aromatic rings. The van der Waals surface area contributed by atoms with E-state index in [1.54, 1.807) is 11.3 Å². The monoisotopic (exact) mass is 328 g/mol. The predicted molar refractivity (Wildman–Crippen MR) is 82.6 cm³/mol. The average Bonchev–Trinajstić information content (AvgIpc) is 3.07. The summed E-state index contributed by atoms with van der Waals surface area (Å²) in [5.41, 5.74) is 2.91. The third-order valence-electron chi connectivity index (χ3n) is 3.54. The highest BCUT2D eigenvalue weighted by Gasteiger charge is 2.30. The number of rotatable bonds is 3. The normalized spacial score (nSPS) is 21.2. The molecule has 1 fully saturated rings. The Labute approximate surface area is 131 Å². The largest absolute Gasteiger partial charge is 0.392 e. The van der Waals surface area contributed by atoms with Crippen molar-refractivity contribution in [3.63, 3.8) is 0 Å². The average molecular weight is 329 g/mol. The zero-order valence-corrected chi connectivity index (χ0v) is 13.0. The molecule has 1 aromatic carbocycles. The number of benzene rings is 1. The maximum atomic E-state index is 9.79. The van der Waals surface area contributed by atoms with Crippen LogP contribution in [0.4, 0.5) is 0 Å². The number of halogens is 2. The second-order valence-corrected chi connectivity index (χ2v) is 6.65. The number of β-amino-alcohol motifs (C(OH)–C–C–N with tert-alkyl or cyclic N) is 1. The van der Waals surface area contributed by atoms with Crippen molar-refractivity contribution >= 4 is 34.5 Å². The second kappa shape index (κ2) is 6.00. The van der Waals surface area contributed by atoms with Crippen LogP contribution < -0.4 is 0 Å². The quantitative estimate of drug-likeness (QED) is 0.935. The summed E-state index contributed by atoms with van der Waals surface area (Å²) in [6.07, 6.45) is 2.42. The van der Waals surface area contributed by atoms with Crippen LogP contribution >= 0.6 is 34.5 Å². The van der Waals surface area contributed by atoms with E-state index in [1.165, 1.54) is 0 Å². The molecule has 1 aromatic heterocycles. The van der Waals surface area contributed by atoms with Gasteiger partial charge in [-0.05, 0) is 24.1 Å². The minimum Gasteiger partial charge on any atom is -0.392 e. The molecule has 2 atom stereocenters. The lowest BCUT2D eigenvalue weighted by molar-refractivity contribution is 0.167. The number of nitrogens with zero attached hydrogens (tertiary/aromatic N) is 2. The molecule has 2 heterocycles. The van der Waals surface area contributed by atoms with Crippen LogP contribution in [0, 0.1) is 0 Å². The molecule has 0 bridgehead atoms. The van der Waals surface area contributed by atoms with E-state index in [0.29, 0.717) is 16.6 Å². The summed E-state index contributed by atoms with van der Waals surface area (Å²) in [7, 11) is 0. The van der Waals surface area contributed by atoms with Gasteiger partial charge in [0.1, 0.15) is 0 Å². The number of hydrogen-bond donors (Lipinski definition) is 1. The molecular formula is C14H14Cl2N2OS. The van der Waals surface area contributed by atoms with Gasteiger partial charge >= 0.3 is 0 Å². The third-order valence-corrected chi connectivity index (χ3v) is 5.11. The molecule has 1 aliphatic rings. The van der Waals surface area contributed by atoms with Gasteiger partial charge in [0, 0.05) is 24.2 Å². The van der Waals surface area contributed by atoms with Crippen LogP contribution in [0.25, 0.3) is 0 Å². The molecule has 0 amide bonds. The zero-order valence-electron chi connectivity index (χ0n) is 10.7. The number of aliphatic hydroxyl groups excluding tert-OH is 1. The molecule has 106 valence electrons. The first kappa shape index (κ1) is 14.3. The Hall–Kier alpha value is -0.650. The van der Waals surface area contributed by atoms with E-state index in [-0.39, 0.29) is 12.1 Å². The lowest BCUT2D eigenvalue weighted by atomic mass is 10.0. The van der Waals surface area contributed by atoms with Crippen molar-refractivity contribution in [3.05, 3.63) is 50.4 Å². The molecule has 1 N–H and O–H groups in total. The van der Waals surface area contributed by atoms with Gasteiger partial charge in [-0.1, -0.05) is 29.3 Å². The topological polar surface area (TPSA) is 36.4 Å². The van der Waals surface area contributed by atoms with E-state index in [9.17, 15) is 5.11 Å². The van der Waals surface area contributed by atoms with Crippen molar-refractivity contribution in [2.75, 3.05) is 13.1 Å². The van der Waals surface area contributed by atoms with E-state index in [4.69, 9.17) is 23.2 Å². The van der Waals surface area contributed by atoms with E-state index in [0.717, 1.165) is 23.4 Å². The van der Waals surface area contributed by atoms with Gasteiger partial charge in [0.15, 0.2) is 0 Å². The zero-order chi connectivity index (χ0) is 14.1. The first-order chi connectivity index (χ1) is 9.65. The summed E-state index contributed by atoms with van der Waals surface area (Å²) < 4.78 is 0. The molecule has 20 heavy (non-hydrogen) atoms. The standard InChI is InChI=1S/C14H14Cl2N2OS/c15-11-2-1-9(5-12(11)16)14(13-6-17-8-20-13)18-4-3-10(19)7-18/h1-2,5-6,8,10,14,19H,3-4,7H2/t10-,14?/m1/s1. The van der Waals surface area contributed by atoms with Crippen molar-refractivity contribution in [1.82, 2.24) is 9.88 Å². The smallest absolute Gasteiger partial charge is 0.0794 e. The van der Waals surface area contributed by atoms with Crippen molar-refractivity contribution in [3.8, 4) is 0 Å². The molecule has 1 aliphatic heterocycles. The van der Waals surface area contributed by atoms with Crippen molar-refractivity contribution in [2.45, 2.75) is 18.6 Å². The van der Waals surface area contributed by atoms with Crippen LogP contribution in [-0.2, 0) is 0 Å². The highest BCUT2D eigenvalue weighted by Crippen LogP contribution is 2.36. The Balaban J connectivity index is 1.99. The third kappa shape index (κ3) is 2.85. The molecule has 6 heteroatoms. The van der Waals surface area contributed by atoms with E-state index < -0.39 is 0 Å². The lowest BCUT2D eigenvalue weighted by Crippen LogP contribution is -2.27. The fourth-order valence-electron chi connectivity index (χ4n) is 2.60. The van der Waals surface area contributed by atoms with Gasteiger partial charge in [-0.3, -0.25) is 9.88 Å². The maximum Gasteiger partial charge on any atom is 0.0794 e. The molecule has 3 rings (SSSR count). The van der Waals surface area contributed by atoms with E-state index >= 15 is 0 Å². The Morgan fingerprint density at radius 3 is 2.80 bits per heavy atom.